The van der Waals surface area contributed by atoms with Crippen LogP contribution in [0.4, 0.5) is 0 Å². The molecule has 7 nitrogen and oxygen atoms in total. The van der Waals surface area contributed by atoms with Gasteiger partial charge in [0.25, 0.3) is 0 Å². The topological polar surface area (TPSA) is 104 Å². The second-order valence-electron chi connectivity index (χ2n) is 3.21. The van der Waals surface area contributed by atoms with Gasteiger partial charge in [-0.3, -0.25) is 14.4 Å². The van der Waals surface area contributed by atoms with Gasteiger partial charge in [-0.05, 0) is 39.3 Å². The van der Waals surface area contributed by atoms with Crippen LogP contribution < -0.4 is 5.48 Å². The van der Waals surface area contributed by atoms with Crippen molar-refractivity contribution in [2.24, 2.45) is 5.11 Å². The molecule has 1 aromatic rings. The number of halogens is 1. The van der Waals surface area contributed by atoms with Crippen molar-refractivity contribution in [3.8, 4) is 0 Å². The lowest BCUT2D eigenvalue weighted by Crippen LogP contribution is -2.20. The molecule has 1 rings (SSSR count). The molecule has 0 aliphatic heterocycles. The maximum absolute atomic E-state index is 11.5. The average molecular weight is 360 g/mol. The summed E-state index contributed by atoms with van der Waals surface area (Å²) >= 11 is 2.03. The Labute approximate surface area is 116 Å². The molecule has 0 radical (unpaired) electrons. The fraction of sp³-hybridized carbons (Fsp3) is 0.200. The second-order valence-corrected chi connectivity index (χ2v) is 4.37. The molecular formula is C10H9IN4O3. The van der Waals surface area contributed by atoms with Gasteiger partial charge in [0.05, 0.1) is 0 Å². The molecule has 0 bridgehead atoms. The summed E-state index contributed by atoms with van der Waals surface area (Å²) in [5, 5.41) is 3.04. The molecule has 0 saturated carbocycles. The third-order valence-electron chi connectivity index (χ3n) is 1.92. The molecular weight excluding hydrogens is 351 g/mol. The van der Waals surface area contributed by atoms with E-state index in [-0.39, 0.29) is 18.1 Å². The summed E-state index contributed by atoms with van der Waals surface area (Å²) in [5.41, 5.74) is 11.2. The van der Waals surface area contributed by atoms with Gasteiger partial charge < -0.3 is 0 Å². The molecule has 2 amide bonds. The van der Waals surface area contributed by atoms with E-state index in [9.17, 15) is 9.59 Å². The maximum atomic E-state index is 11.5. The summed E-state index contributed by atoms with van der Waals surface area (Å²) in [6, 6.07) is 4.98. The second kappa shape index (κ2) is 6.94. The molecule has 8 heteroatoms. The van der Waals surface area contributed by atoms with Crippen molar-refractivity contribution in [1.29, 1.82) is 0 Å². The zero-order valence-corrected chi connectivity index (χ0v) is 11.5. The summed E-state index contributed by atoms with van der Waals surface area (Å²) in [6.45, 7) is 1.32. The van der Waals surface area contributed by atoms with Crippen molar-refractivity contribution in [3.63, 3.8) is 0 Å². The van der Waals surface area contributed by atoms with Crippen molar-refractivity contribution in [2.75, 3.05) is 0 Å². The number of carbonyl (C=O) groups is 2. The smallest absolute Gasteiger partial charge is 0.249 e. The van der Waals surface area contributed by atoms with Gasteiger partial charge in [-0.25, -0.2) is 5.48 Å². The van der Waals surface area contributed by atoms with Crippen LogP contribution in [0.2, 0.25) is 0 Å². The van der Waals surface area contributed by atoms with Crippen LogP contribution >= 0.6 is 22.6 Å². The van der Waals surface area contributed by atoms with Crippen LogP contribution in [0.3, 0.4) is 0 Å². The normalized spacial score (nSPS) is 9.44. The Hall–Kier alpha value is -1.64. The third-order valence-corrected chi connectivity index (χ3v) is 2.93. The van der Waals surface area contributed by atoms with Crippen LogP contribution in [-0.2, 0) is 16.2 Å². The molecule has 94 valence electrons. The number of hydrogen-bond donors (Lipinski definition) is 1. The molecule has 0 aliphatic carbocycles. The molecule has 0 aliphatic rings. The van der Waals surface area contributed by atoms with Crippen molar-refractivity contribution in [1.82, 2.24) is 5.48 Å². The lowest BCUT2D eigenvalue weighted by atomic mass is 10.1. The summed E-state index contributed by atoms with van der Waals surface area (Å²) in [6.07, 6.45) is 0. The van der Waals surface area contributed by atoms with Crippen LogP contribution in [0, 0.1) is 3.57 Å². The number of hydrogen-bond acceptors (Lipinski definition) is 3. The van der Waals surface area contributed by atoms with E-state index < -0.39 is 5.91 Å². The summed E-state index contributed by atoms with van der Waals surface area (Å²) < 4.78 is 0.775. The lowest BCUT2D eigenvalue weighted by molar-refractivity contribution is -0.132. The Kier molecular flexibility index (Phi) is 5.56. The molecule has 1 N–H and O–H groups in total. The number of azide groups is 1. The van der Waals surface area contributed by atoms with Gasteiger partial charge in [0.1, 0.15) is 6.61 Å². The highest BCUT2D eigenvalue weighted by atomic mass is 127. The first-order chi connectivity index (χ1) is 8.56. The minimum Gasteiger partial charge on any atom is -0.287 e. The van der Waals surface area contributed by atoms with Crippen LogP contribution in [0.1, 0.15) is 22.8 Å². The SMILES string of the molecule is CC(=O)NOCc1c(I)cccc1C(=O)N=[N+]=[N-]. The maximum Gasteiger partial charge on any atom is 0.249 e. The van der Waals surface area contributed by atoms with E-state index in [4.69, 9.17) is 10.4 Å². The first-order valence-corrected chi connectivity index (χ1v) is 5.89. The van der Waals surface area contributed by atoms with Gasteiger partial charge >= 0.3 is 0 Å². The van der Waals surface area contributed by atoms with E-state index in [1.165, 1.54) is 13.0 Å². The van der Waals surface area contributed by atoms with Gasteiger partial charge in [-0.1, -0.05) is 12.1 Å². The zero-order valence-electron chi connectivity index (χ0n) is 9.38. The lowest BCUT2D eigenvalue weighted by Gasteiger charge is -2.09. The molecule has 0 heterocycles. The van der Waals surface area contributed by atoms with Crippen molar-refractivity contribution in [3.05, 3.63) is 43.3 Å². The minimum absolute atomic E-state index is 0.0146. The van der Waals surface area contributed by atoms with Gasteiger partial charge in [0, 0.05) is 26.5 Å². The molecule has 0 atom stereocenters. The quantitative estimate of drug-likeness (QED) is 0.293. The van der Waals surface area contributed by atoms with Gasteiger partial charge in [0.15, 0.2) is 0 Å². The predicted octanol–water partition coefficient (Wildman–Crippen LogP) is 2.31. The summed E-state index contributed by atoms with van der Waals surface area (Å²) in [7, 11) is 0. The highest BCUT2D eigenvalue weighted by Gasteiger charge is 2.13. The molecule has 1 aromatic carbocycles. The van der Waals surface area contributed by atoms with Crippen molar-refractivity contribution >= 4 is 34.4 Å². The van der Waals surface area contributed by atoms with Crippen LogP contribution in [0.25, 0.3) is 10.4 Å². The van der Waals surface area contributed by atoms with E-state index in [1.54, 1.807) is 12.1 Å². The zero-order chi connectivity index (χ0) is 13.5. The summed E-state index contributed by atoms with van der Waals surface area (Å²) in [4.78, 5) is 29.6. The number of nitrogens with zero attached hydrogens (tertiary/aromatic N) is 3. The van der Waals surface area contributed by atoms with E-state index in [2.05, 4.69) is 15.5 Å². The molecule has 0 fully saturated rings. The Morgan fingerprint density at radius 1 is 1.56 bits per heavy atom. The van der Waals surface area contributed by atoms with Crippen LogP contribution in [-0.4, -0.2) is 11.8 Å². The van der Waals surface area contributed by atoms with E-state index in [0.29, 0.717) is 5.56 Å². The van der Waals surface area contributed by atoms with E-state index >= 15 is 0 Å². The predicted molar refractivity (Wildman–Crippen MR) is 71.2 cm³/mol. The fourth-order valence-electron chi connectivity index (χ4n) is 1.21. The molecule has 0 saturated heterocycles. The first kappa shape index (κ1) is 14.4. The molecule has 0 aromatic heterocycles. The van der Waals surface area contributed by atoms with Crippen molar-refractivity contribution < 1.29 is 14.4 Å². The molecule has 0 spiro atoms. The Morgan fingerprint density at radius 3 is 2.89 bits per heavy atom. The van der Waals surface area contributed by atoms with E-state index in [1.807, 2.05) is 22.6 Å². The highest BCUT2D eigenvalue weighted by Crippen LogP contribution is 2.19. The van der Waals surface area contributed by atoms with Crippen LogP contribution in [0.15, 0.2) is 23.3 Å². The van der Waals surface area contributed by atoms with Crippen molar-refractivity contribution in [2.45, 2.75) is 13.5 Å². The number of benzene rings is 1. The average Bonchev–Trinajstić information content (AvgIpc) is 2.31. The number of amides is 2. The minimum atomic E-state index is -0.683. The standard InChI is InChI=1S/C10H9IN4O3/c1-6(16)14-18-5-8-7(10(17)13-15-12)3-2-4-9(8)11/h2-4H,5H2,1H3,(H,14,16). The summed E-state index contributed by atoms with van der Waals surface area (Å²) in [5.74, 6) is -1.03. The van der Waals surface area contributed by atoms with E-state index in [0.717, 1.165) is 3.57 Å². The Morgan fingerprint density at radius 2 is 2.28 bits per heavy atom. The monoisotopic (exact) mass is 360 g/mol. The number of nitrogens with one attached hydrogen (secondary N) is 1. The molecule has 0 unspecified atom stereocenters. The first-order valence-electron chi connectivity index (χ1n) is 4.81. The van der Waals surface area contributed by atoms with Crippen LogP contribution in [0.5, 0.6) is 0 Å². The highest BCUT2D eigenvalue weighted by molar-refractivity contribution is 14.1. The Bertz CT molecular complexity index is 526. The third kappa shape index (κ3) is 3.99. The number of rotatable bonds is 4. The van der Waals surface area contributed by atoms with Gasteiger partial charge in [-0.2, -0.15) is 0 Å². The largest absolute Gasteiger partial charge is 0.287 e. The number of carbonyl (C=O) groups excluding carboxylic acids is 2. The van der Waals surface area contributed by atoms with Gasteiger partial charge in [0.2, 0.25) is 11.8 Å². The Balaban J connectivity index is 2.97. The fourth-order valence-corrected chi connectivity index (χ4v) is 1.86. The molecule has 18 heavy (non-hydrogen) atoms. The van der Waals surface area contributed by atoms with Gasteiger partial charge in [-0.15, -0.1) is 0 Å². The number of hydroxylamine groups is 1.